The minimum Gasteiger partial charge on any atom is -0.347 e. The Kier molecular flexibility index (Phi) is 2.66. The van der Waals surface area contributed by atoms with Crippen LogP contribution >= 0.6 is 11.6 Å². The molecule has 0 spiro atoms. The van der Waals surface area contributed by atoms with E-state index in [-0.39, 0.29) is 17.4 Å². The van der Waals surface area contributed by atoms with E-state index in [1.54, 1.807) is 6.07 Å². The fraction of sp³-hybridized carbons (Fsp3) is 0.500. The van der Waals surface area contributed by atoms with Crippen molar-refractivity contribution in [3.63, 3.8) is 0 Å². The second-order valence-corrected chi connectivity index (χ2v) is 5.03. The summed E-state index contributed by atoms with van der Waals surface area (Å²) in [4.78, 5) is 16.2. The van der Waals surface area contributed by atoms with Gasteiger partial charge in [0.1, 0.15) is 5.15 Å². The maximum Gasteiger partial charge on any atom is 0.229 e. The van der Waals surface area contributed by atoms with Crippen molar-refractivity contribution in [1.82, 2.24) is 10.3 Å². The van der Waals surface area contributed by atoms with Crippen molar-refractivity contribution in [1.29, 1.82) is 0 Å². The number of hydrogen-bond acceptors (Lipinski definition) is 2. The average Bonchev–Trinajstić information content (AvgIpc) is 2.16. The Morgan fingerprint density at radius 1 is 1.50 bits per heavy atom. The summed E-state index contributed by atoms with van der Waals surface area (Å²) in [5.74, 6) is -0.142. The number of hydrogen-bond donors (Lipinski definition) is 1. The molecule has 3 nitrogen and oxygen atoms in total. The molecule has 1 atom stereocenters. The molecule has 2 rings (SSSR count). The summed E-state index contributed by atoms with van der Waals surface area (Å²) < 4.78 is 0. The third-order valence-electron chi connectivity index (χ3n) is 3.05. The van der Waals surface area contributed by atoms with Crippen LogP contribution in [0.25, 0.3) is 0 Å². The number of amides is 1. The number of nitrogens with one attached hydrogen (secondary N) is 1. The zero-order valence-corrected chi connectivity index (χ0v) is 10.4. The molecule has 2 heterocycles. The monoisotopic (exact) mass is 238 g/mol. The van der Waals surface area contributed by atoms with E-state index in [1.807, 2.05) is 26.8 Å². The van der Waals surface area contributed by atoms with Crippen LogP contribution in [-0.4, -0.2) is 10.9 Å². The second kappa shape index (κ2) is 3.74. The number of carbonyl (C=O) groups is 1. The number of carbonyl (C=O) groups excluding carboxylic acids is 1. The largest absolute Gasteiger partial charge is 0.347 e. The lowest BCUT2D eigenvalue weighted by Gasteiger charge is -2.36. The Balaban J connectivity index is 2.62. The highest BCUT2D eigenvalue weighted by Crippen LogP contribution is 2.35. The van der Waals surface area contributed by atoms with E-state index < -0.39 is 0 Å². The van der Waals surface area contributed by atoms with Crippen molar-refractivity contribution < 1.29 is 4.79 Å². The van der Waals surface area contributed by atoms with Crippen LogP contribution in [0, 0.1) is 0 Å². The molecule has 16 heavy (non-hydrogen) atoms. The van der Waals surface area contributed by atoms with E-state index in [9.17, 15) is 4.79 Å². The quantitative estimate of drug-likeness (QED) is 0.765. The fourth-order valence-electron chi connectivity index (χ4n) is 2.21. The SMILES string of the molecule is CCC1C(=O)NC(C)(C)c2ccc(Cl)nc21. The molecule has 1 aromatic rings. The van der Waals surface area contributed by atoms with Gasteiger partial charge in [0.2, 0.25) is 5.91 Å². The van der Waals surface area contributed by atoms with Crippen LogP contribution in [0.1, 0.15) is 44.4 Å². The average molecular weight is 239 g/mol. The van der Waals surface area contributed by atoms with Crippen LogP contribution in [0.2, 0.25) is 5.15 Å². The summed E-state index contributed by atoms with van der Waals surface area (Å²) in [5.41, 5.74) is 1.52. The molecular formula is C12H15ClN2O. The summed E-state index contributed by atoms with van der Waals surface area (Å²) in [6.07, 6.45) is 0.738. The first-order chi connectivity index (χ1) is 7.45. The number of aromatic nitrogens is 1. The van der Waals surface area contributed by atoms with E-state index in [1.165, 1.54) is 0 Å². The van der Waals surface area contributed by atoms with E-state index >= 15 is 0 Å². The van der Waals surface area contributed by atoms with Gasteiger partial charge < -0.3 is 5.32 Å². The van der Waals surface area contributed by atoms with Gasteiger partial charge in [-0.3, -0.25) is 4.79 Å². The normalized spacial score (nSPS) is 22.5. The van der Waals surface area contributed by atoms with Crippen molar-refractivity contribution in [2.75, 3.05) is 0 Å². The van der Waals surface area contributed by atoms with Crippen LogP contribution in [0.4, 0.5) is 0 Å². The first kappa shape index (κ1) is 11.4. The van der Waals surface area contributed by atoms with Crippen LogP contribution in [-0.2, 0) is 10.3 Å². The standard InChI is InChI=1S/C12H15ClN2O/c1-4-7-10-8(5-6-9(13)14-10)12(2,3)15-11(7)16/h5-7H,4H2,1-3H3,(H,15,16). The third-order valence-corrected chi connectivity index (χ3v) is 3.27. The first-order valence-electron chi connectivity index (χ1n) is 5.44. The molecule has 0 saturated carbocycles. The Bertz CT molecular complexity index is 443. The predicted molar refractivity (Wildman–Crippen MR) is 63.4 cm³/mol. The molecule has 1 N–H and O–H groups in total. The Labute approximate surface area is 100 Å². The van der Waals surface area contributed by atoms with E-state index in [0.29, 0.717) is 5.15 Å². The second-order valence-electron chi connectivity index (χ2n) is 4.64. The van der Waals surface area contributed by atoms with Crippen molar-refractivity contribution >= 4 is 17.5 Å². The molecule has 1 aromatic heterocycles. The summed E-state index contributed by atoms with van der Waals surface area (Å²) in [6, 6.07) is 3.72. The molecule has 1 unspecified atom stereocenters. The number of nitrogens with zero attached hydrogens (tertiary/aromatic N) is 1. The molecule has 4 heteroatoms. The molecule has 0 aliphatic carbocycles. The molecule has 0 radical (unpaired) electrons. The zero-order chi connectivity index (χ0) is 11.9. The van der Waals surface area contributed by atoms with Gasteiger partial charge in [-0.25, -0.2) is 4.98 Å². The Morgan fingerprint density at radius 3 is 2.81 bits per heavy atom. The van der Waals surface area contributed by atoms with Gasteiger partial charge in [0.25, 0.3) is 0 Å². The molecule has 0 fully saturated rings. The van der Waals surface area contributed by atoms with Crippen LogP contribution in [0.5, 0.6) is 0 Å². The minimum atomic E-state index is -0.365. The first-order valence-corrected chi connectivity index (χ1v) is 5.82. The number of halogens is 1. The van der Waals surface area contributed by atoms with Crippen LogP contribution in [0.3, 0.4) is 0 Å². The van der Waals surface area contributed by atoms with Gasteiger partial charge in [-0.15, -0.1) is 0 Å². The molecule has 0 saturated heterocycles. The minimum absolute atomic E-state index is 0.0368. The van der Waals surface area contributed by atoms with E-state index in [2.05, 4.69) is 10.3 Å². The molecule has 0 aromatic carbocycles. The van der Waals surface area contributed by atoms with Gasteiger partial charge >= 0.3 is 0 Å². The highest BCUT2D eigenvalue weighted by atomic mass is 35.5. The molecule has 1 amide bonds. The van der Waals surface area contributed by atoms with E-state index in [0.717, 1.165) is 17.7 Å². The van der Waals surface area contributed by atoms with Gasteiger partial charge in [-0.05, 0) is 31.9 Å². The number of pyridine rings is 1. The topological polar surface area (TPSA) is 42.0 Å². The predicted octanol–water partition coefficient (Wildman–Crippen LogP) is 2.59. The third kappa shape index (κ3) is 1.69. The molecule has 0 bridgehead atoms. The van der Waals surface area contributed by atoms with Crippen molar-refractivity contribution in [3.05, 3.63) is 28.5 Å². The van der Waals surface area contributed by atoms with Gasteiger partial charge in [-0.1, -0.05) is 24.6 Å². The van der Waals surface area contributed by atoms with Gasteiger partial charge in [0.15, 0.2) is 0 Å². The summed E-state index contributed by atoms with van der Waals surface area (Å²) in [5, 5.41) is 3.46. The zero-order valence-electron chi connectivity index (χ0n) is 9.67. The summed E-state index contributed by atoms with van der Waals surface area (Å²) in [6.45, 7) is 5.94. The number of fused-ring (bicyclic) bond motifs is 1. The Hall–Kier alpha value is -1.09. The highest BCUT2D eigenvalue weighted by molar-refractivity contribution is 6.29. The summed E-state index contributed by atoms with van der Waals surface area (Å²) in [7, 11) is 0. The highest BCUT2D eigenvalue weighted by Gasteiger charge is 2.37. The molecular weight excluding hydrogens is 224 g/mol. The maximum atomic E-state index is 11.9. The lowest BCUT2D eigenvalue weighted by molar-refractivity contribution is -0.125. The van der Waals surface area contributed by atoms with Crippen LogP contribution < -0.4 is 5.32 Å². The van der Waals surface area contributed by atoms with Crippen molar-refractivity contribution in [2.24, 2.45) is 0 Å². The van der Waals surface area contributed by atoms with Gasteiger partial charge in [-0.2, -0.15) is 0 Å². The smallest absolute Gasteiger partial charge is 0.229 e. The van der Waals surface area contributed by atoms with Crippen molar-refractivity contribution in [2.45, 2.75) is 38.6 Å². The van der Waals surface area contributed by atoms with Gasteiger partial charge in [0, 0.05) is 0 Å². The van der Waals surface area contributed by atoms with Crippen molar-refractivity contribution in [3.8, 4) is 0 Å². The van der Waals surface area contributed by atoms with E-state index in [4.69, 9.17) is 11.6 Å². The lowest BCUT2D eigenvalue weighted by Crippen LogP contribution is -2.48. The maximum absolute atomic E-state index is 11.9. The number of rotatable bonds is 1. The van der Waals surface area contributed by atoms with Gasteiger partial charge in [0.05, 0.1) is 17.2 Å². The van der Waals surface area contributed by atoms with Crippen LogP contribution in [0.15, 0.2) is 12.1 Å². The molecule has 1 aliphatic rings. The Morgan fingerprint density at radius 2 is 2.19 bits per heavy atom. The fourth-order valence-corrected chi connectivity index (χ4v) is 2.36. The molecule has 1 aliphatic heterocycles. The summed E-state index contributed by atoms with van der Waals surface area (Å²) >= 11 is 5.90. The lowest BCUT2D eigenvalue weighted by atomic mass is 9.82. The molecule has 86 valence electrons.